The molecule has 5 heteroatoms. The highest BCUT2D eigenvalue weighted by Gasteiger charge is 2.02. The third-order valence-electron chi connectivity index (χ3n) is 1.47. The Kier molecular flexibility index (Phi) is 9.98. The van der Waals surface area contributed by atoms with Crippen molar-refractivity contribution in [3.05, 3.63) is 0 Å². The third-order valence-corrected chi connectivity index (χ3v) is 1.47. The van der Waals surface area contributed by atoms with E-state index in [4.69, 9.17) is 0 Å². The molecule has 0 amide bonds. The summed E-state index contributed by atoms with van der Waals surface area (Å²) in [4.78, 5) is 21.2. The molecule has 0 aliphatic carbocycles. The minimum absolute atomic E-state index is 0. The Morgan fingerprint density at radius 1 is 0.923 bits per heavy atom. The minimum atomic E-state index is -0.236. The van der Waals surface area contributed by atoms with Gasteiger partial charge in [0.2, 0.25) is 0 Å². The Bertz CT molecular complexity index is 140. The van der Waals surface area contributed by atoms with E-state index in [1.165, 1.54) is 14.2 Å². The van der Waals surface area contributed by atoms with Gasteiger partial charge in [0.15, 0.2) is 0 Å². The van der Waals surface area contributed by atoms with Crippen LogP contribution < -0.4 is 6.15 Å². The van der Waals surface area contributed by atoms with Crippen molar-refractivity contribution in [2.24, 2.45) is 0 Å². The summed E-state index contributed by atoms with van der Waals surface area (Å²) in [5, 5.41) is 0. The number of ether oxygens (including phenoxy) is 2. The Hall–Kier alpha value is -1.10. The van der Waals surface area contributed by atoms with Crippen LogP contribution in [-0.4, -0.2) is 26.2 Å². The molecule has 0 heterocycles. The maximum absolute atomic E-state index is 10.6. The van der Waals surface area contributed by atoms with Crippen molar-refractivity contribution >= 4 is 11.9 Å². The molecule has 0 fully saturated rings. The molecule has 0 saturated carbocycles. The largest absolute Gasteiger partial charge is 0.469 e. The summed E-state index contributed by atoms with van der Waals surface area (Å²) in [6.45, 7) is 0. The number of hydrogen-bond acceptors (Lipinski definition) is 5. The number of carbonyl (C=O) groups excluding carboxylic acids is 2. The van der Waals surface area contributed by atoms with Crippen molar-refractivity contribution in [2.45, 2.75) is 25.7 Å². The molecule has 0 bridgehead atoms. The Morgan fingerprint density at radius 3 is 1.46 bits per heavy atom. The molecule has 0 aliphatic heterocycles. The molecule has 13 heavy (non-hydrogen) atoms. The first-order valence-electron chi connectivity index (χ1n) is 3.84. The maximum atomic E-state index is 10.6. The fourth-order valence-corrected chi connectivity index (χ4v) is 0.743. The van der Waals surface area contributed by atoms with Crippen molar-refractivity contribution in [3.8, 4) is 0 Å². The molecular weight excluding hydrogens is 174 g/mol. The van der Waals surface area contributed by atoms with E-state index in [-0.39, 0.29) is 18.1 Å². The third kappa shape index (κ3) is 8.81. The van der Waals surface area contributed by atoms with Gasteiger partial charge in [-0.05, 0) is 12.8 Å². The van der Waals surface area contributed by atoms with E-state index in [0.29, 0.717) is 25.7 Å². The normalized spacial score (nSPS) is 8.46. The number of carbonyl (C=O) groups is 2. The summed E-state index contributed by atoms with van der Waals surface area (Å²) >= 11 is 0. The van der Waals surface area contributed by atoms with Crippen LogP contribution in [0.25, 0.3) is 0 Å². The number of unbranched alkanes of at least 4 members (excludes halogenated alkanes) is 1. The second kappa shape index (κ2) is 8.99. The van der Waals surface area contributed by atoms with Crippen LogP contribution in [0.1, 0.15) is 25.7 Å². The lowest BCUT2D eigenvalue weighted by molar-refractivity contribution is -0.142. The van der Waals surface area contributed by atoms with Gasteiger partial charge in [0.1, 0.15) is 0 Å². The van der Waals surface area contributed by atoms with Crippen LogP contribution in [0.5, 0.6) is 0 Å². The zero-order valence-electron chi connectivity index (χ0n) is 8.17. The maximum Gasteiger partial charge on any atom is 0.305 e. The summed E-state index contributed by atoms with van der Waals surface area (Å²) in [5.74, 6) is -0.472. The lowest BCUT2D eigenvalue weighted by Crippen LogP contribution is -2.02. The van der Waals surface area contributed by atoms with Gasteiger partial charge in [-0.25, -0.2) is 0 Å². The molecule has 0 spiro atoms. The molecular formula is C8H17NO4. The van der Waals surface area contributed by atoms with E-state index in [1.54, 1.807) is 0 Å². The van der Waals surface area contributed by atoms with Crippen LogP contribution in [0.15, 0.2) is 0 Å². The zero-order chi connectivity index (χ0) is 9.40. The second-order valence-corrected chi connectivity index (χ2v) is 2.36. The van der Waals surface area contributed by atoms with E-state index >= 15 is 0 Å². The number of rotatable bonds is 5. The van der Waals surface area contributed by atoms with Crippen LogP contribution in [0, 0.1) is 0 Å². The van der Waals surface area contributed by atoms with Gasteiger partial charge in [-0.1, -0.05) is 0 Å². The second-order valence-electron chi connectivity index (χ2n) is 2.36. The van der Waals surface area contributed by atoms with Crippen LogP contribution in [-0.2, 0) is 19.1 Å². The predicted octanol–water partition coefficient (Wildman–Crippen LogP) is 1.05. The van der Waals surface area contributed by atoms with E-state index in [0.717, 1.165) is 0 Å². The summed E-state index contributed by atoms with van der Waals surface area (Å²) in [6.07, 6.45) is 2.07. The molecule has 0 aromatic carbocycles. The van der Waals surface area contributed by atoms with Crippen molar-refractivity contribution < 1.29 is 19.1 Å². The smallest absolute Gasteiger partial charge is 0.305 e. The number of esters is 2. The molecule has 0 atom stereocenters. The molecule has 0 unspecified atom stereocenters. The van der Waals surface area contributed by atoms with Crippen LogP contribution >= 0.6 is 0 Å². The van der Waals surface area contributed by atoms with E-state index < -0.39 is 0 Å². The lowest BCUT2D eigenvalue weighted by Gasteiger charge is -1.98. The summed E-state index contributed by atoms with van der Waals surface area (Å²) in [7, 11) is 2.70. The van der Waals surface area contributed by atoms with Gasteiger partial charge >= 0.3 is 11.9 Å². The van der Waals surface area contributed by atoms with Crippen molar-refractivity contribution in [3.63, 3.8) is 0 Å². The lowest BCUT2D eigenvalue weighted by atomic mass is 10.2. The van der Waals surface area contributed by atoms with E-state index in [2.05, 4.69) is 9.47 Å². The van der Waals surface area contributed by atoms with Crippen molar-refractivity contribution in [2.75, 3.05) is 14.2 Å². The highest BCUT2D eigenvalue weighted by Crippen LogP contribution is 2.01. The van der Waals surface area contributed by atoms with Crippen LogP contribution in [0.4, 0.5) is 0 Å². The molecule has 0 aromatic rings. The SMILES string of the molecule is COC(=O)CCCCC(=O)OC.N. The van der Waals surface area contributed by atoms with Crippen LogP contribution in [0.3, 0.4) is 0 Å². The first kappa shape index (κ1) is 14.4. The Labute approximate surface area is 78.0 Å². The highest BCUT2D eigenvalue weighted by atomic mass is 16.5. The minimum Gasteiger partial charge on any atom is -0.469 e. The monoisotopic (exact) mass is 191 g/mol. The van der Waals surface area contributed by atoms with Gasteiger partial charge in [0.05, 0.1) is 14.2 Å². The molecule has 5 nitrogen and oxygen atoms in total. The molecule has 0 aliphatic rings. The highest BCUT2D eigenvalue weighted by molar-refractivity contribution is 5.70. The fourth-order valence-electron chi connectivity index (χ4n) is 0.743. The van der Waals surface area contributed by atoms with Gasteiger partial charge in [-0.15, -0.1) is 0 Å². The number of hydrogen-bond donors (Lipinski definition) is 1. The van der Waals surface area contributed by atoms with Crippen LogP contribution in [0.2, 0.25) is 0 Å². The average Bonchev–Trinajstić information content (AvgIpc) is 2.11. The standard InChI is InChI=1S/C8H14O4.H3N/c1-11-7(9)5-3-4-6-8(10)12-2;/h3-6H2,1-2H3;1H3. The molecule has 0 radical (unpaired) electrons. The first-order valence-corrected chi connectivity index (χ1v) is 3.84. The molecule has 0 aromatic heterocycles. The van der Waals surface area contributed by atoms with E-state index in [1.807, 2.05) is 0 Å². The molecule has 78 valence electrons. The molecule has 3 N–H and O–H groups in total. The van der Waals surface area contributed by atoms with Crippen molar-refractivity contribution in [1.29, 1.82) is 0 Å². The predicted molar refractivity (Wildman–Crippen MR) is 47.5 cm³/mol. The molecule has 0 saturated heterocycles. The van der Waals surface area contributed by atoms with Gasteiger partial charge in [0, 0.05) is 12.8 Å². The van der Waals surface area contributed by atoms with Gasteiger partial charge < -0.3 is 15.6 Å². The summed E-state index contributed by atoms with van der Waals surface area (Å²) in [5.41, 5.74) is 0. The Balaban J connectivity index is 0. The fraction of sp³-hybridized carbons (Fsp3) is 0.750. The van der Waals surface area contributed by atoms with Crippen molar-refractivity contribution in [1.82, 2.24) is 6.15 Å². The topological polar surface area (TPSA) is 87.6 Å². The summed E-state index contributed by atoms with van der Waals surface area (Å²) in [6, 6.07) is 0. The average molecular weight is 191 g/mol. The summed E-state index contributed by atoms with van der Waals surface area (Å²) < 4.78 is 8.86. The van der Waals surface area contributed by atoms with Gasteiger partial charge in [0.25, 0.3) is 0 Å². The molecule has 0 rings (SSSR count). The Morgan fingerprint density at radius 2 is 1.23 bits per heavy atom. The van der Waals surface area contributed by atoms with Gasteiger partial charge in [-0.2, -0.15) is 0 Å². The zero-order valence-corrected chi connectivity index (χ0v) is 8.17. The first-order chi connectivity index (χ1) is 5.70. The quantitative estimate of drug-likeness (QED) is 0.518. The number of methoxy groups -OCH3 is 2. The van der Waals surface area contributed by atoms with Gasteiger partial charge in [-0.3, -0.25) is 9.59 Å². The van der Waals surface area contributed by atoms with E-state index in [9.17, 15) is 9.59 Å².